The fraction of sp³-hybridized carbons (Fsp3) is 0.462. The monoisotopic (exact) mass is 300 g/mol. The summed E-state index contributed by atoms with van der Waals surface area (Å²) >= 11 is 4.94. The molecule has 0 radical (unpaired) electrons. The smallest absolute Gasteiger partial charge is 0.154 e. The van der Waals surface area contributed by atoms with E-state index in [1.54, 1.807) is 13.8 Å². The van der Waals surface area contributed by atoms with Crippen molar-refractivity contribution in [3.05, 3.63) is 29.3 Å². The number of sulfone groups is 1. The Labute approximate surface area is 120 Å². The van der Waals surface area contributed by atoms with Crippen LogP contribution in [-0.2, 0) is 9.84 Å². The summed E-state index contributed by atoms with van der Waals surface area (Å²) in [4.78, 5) is 0.362. The van der Waals surface area contributed by atoms with Gasteiger partial charge in [0.15, 0.2) is 9.84 Å². The minimum absolute atomic E-state index is 0.345. The van der Waals surface area contributed by atoms with Crippen LogP contribution in [0.2, 0.25) is 0 Å². The molecular weight excluding hydrogens is 280 g/mol. The number of rotatable bonds is 5. The number of benzene rings is 1. The average molecular weight is 300 g/mol. The van der Waals surface area contributed by atoms with Gasteiger partial charge in [-0.3, -0.25) is 0 Å². The zero-order chi connectivity index (χ0) is 14.8. The van der Waals surface area contributed by atoms with Crippen molar-refractivity contribution >= 4 is 32.7 Å². The fourth-order valence-corrected chi connectivity index (χ4v) is 2.06. The quantitative estimate of drug-likeness (QED) is 0.812. The predicted octanol–water partition coefficient (Wildman–Crippen LogP) is 1.86. The van der Waals surface area contributed by atoms with Gasteiger partial charge in [0.2, 0.25) is 0 Å². The lowest BCUT2D eigenvalue weighted by Crippen LogP contribution is -2.38. The van der Waals surface area contributed by atoms with Crippen molar-refractivity contribution in [3.8, 4) is 0 Å². The van der Waals surface area contributed by atoms with Crippen molar-refractivity contribution in [1.29, 1.82) is 0 Å². The number of hydrogen-bond acceptors (Lipinski definition) is 4. The molecule has 106 valence electrons. The Balaban J connectivity index is 2.86. The second kappa shape index (κ2) is 5.46. The van der Waals surface area contributed by atoms with Crippen LogP contribution in [-0.4, -0.2) is 31.0 Å². The van der Waals surface area contributed by atoms with Crippen LogP contribution in [0.5, 0.6) is 0 Å². The Bertz CT molecular complexity index is 593. The van der Waals surface area contributed by atoms with Gasteiger partial charge < -0.3 is 11.1 Å². The molecule has 6 heteroatoms. The maximum Gasteiger partial charge on any atom is 0.154 e. The summed E-state index contributed by atoms with van der Waals surface area (Å²) in [6.45, 7) is 5.66. The Hall–Kier alpha value is -1.14. The van der Waals surface area contributed by atoms with Crippen LogP contribution >= 0.6 is 12.2 Å². The molecule has 0 aromatic heterocycles. The van der Waals surface area contributed by atoms with Crippen molar-refractivity contribution < 1.29 is 8.42 Å². The number of hydrogen-bond donors (Lipinski definition) is 2. The number of anilines is 1. The summed E-state index contributed by atoms with van der Waals surface area (Å²) in [6.07, 6.45) is 1.25. The highest BCUT2D eigenvalue weighted by molar-refractivity contribution is 7.92. The van der Waals surface area contributed by atoms with Crippen LogP contribution < -0.4 is 11.1 Å². The van der Waals surface area contributed by atoms with Gasteiger partial charge >= 0.3 is 0 Å². The van der Waals surface area contributed by atoms with Gasteiger partial charge in [-0.05, 0) is 44.5 Å². The van der Waals surface area contributed by atoms with E-state index in [2.05, 4.69) is 5.32 Å². The Morgan fingerprint density at radius 2 is 2.00 bits per heavy atom. The van der Waals surface area contributed by atoms with Crippen LogP contribution in [0, 0.1) is 6.92 Å². The zero-order valence-electron chi connectivity index (χ0n) is 11.6. The van der Waals surface area contributed by atoms with E-state index >= 15 is 0 Å². The third-order valence-electron chi connectivity index (χ3n) is 3.21. The molecule has 0 fully saturated rings. The van der Waals surface area contributed by atoms with Gasteiger partial charge in [-0.15, -0.1) is 0 Å². The van der Waals surface area contributed by atoms with Crippen LogP contribution in [0.25, 0.3) is 0 Å². The van der Waals surface area contributed by atoms with Crippen LogP contribution in [0.15, 0.2) is 18.2 Å². The molecule has 3 N–H and O–H groups in total. The van der Waals surface area contributed by atoms with Crippen LogP contribution in [0.1, 0.15) is 25.0 Å². The largest absolute Gasteiger partial charge is 0.389 e. The minimum Gasteiger partial charge on any atom is -0.389 e. The summed E-state index contributed by atoms with van der Waals surface area (Å²) in [6, 6.07) is 5.60. The van der Waals surface area contributed by atoms with Crippen molar-refractivity contribution in [3.63, 3.8) is 0 Å². The molecule has 0 atom stereocenters. The van der Waals surface area contributed by atoms with E-state index < -0.39 is 14.6 Å². The van der Waals surface area contributed by atoms with E-state index in [0.29, 0.717) is 11.5 Å². The molecule has 0 unspecified atom stereocenters. The first-order chi connectivity index (χ1) is 8.54. The first kappa shape index (κ1) is 15.9. The molecule has 0 heterocycles. The highest BCUT2D eigenvalue weighted by Crippen LogP contribution is 2.19. The topological polar surface area (TPSA) is 72.2 Å². The summed E-state index contributed by atoms with van der Waals surface area (Å²) in [5.74, 6) is 0. The predicted molar refractivity (Wildman–Crippen MR) is 84.5 cm³/mol. The maximum atomic E-state index is 11.6. The molecule has 0 saturated carbocycles. The summed E-state index contributed by atoms with van der Waals surface area (Å²) in [5.41, 5.74) is 8.26. The molecule has 1 rings (SSSR count). The molecule has 1 aromatic carbocycles. The first-order valence-corrected chi connectivity index (χ1v) is 8.18. The van der Waals surface area contributed by atoms with Gasteiger partial charge in [0, 0.05) is 24.1 Å². The summed E-state index contributed by atoms with van der Waals surface area (Å²) in [5, 5.41) is 3.14. The molecule has 19 heavy (non-hydrogen) atoms. The summed E-state index contributed by atoms with van der Waals surface area (Å²) in [7, 11) is -3.11. The molecule has 0 aliphatic heterocycles. The van der Waals surface area contributed by atoms with Gasteiger partial charge in [0.25, 0.3) is 0 Å². The first-order valence-electron chi connectivity index (χ1n) is 5.88. The van der Waals surface area contributed by atoms with Crippen LogP contribution in [0.3, 0.4) is 0 Å². The van der Waals surface area contributed by atoms with E-state index in [-0.39, 0.29) is 0 Å². The van der Waals surface area contributed by atoms with Crippen LogP contribution in [0.4, 0.5) is 5.69 Å². The fourth-order valence-electron chi connectivity index (χ4n) is 1.50. The van der Waals surface area contributed by atoms with E-state index in [9.17, 15) is 8.42 Å². The third-order valence-corrected chi connectivity index (χ3v) is 5.59. The van der Waals surface area contributed by atoms with E-state index in [1.165, 1.54) is 6.26 Å². The molecular formula is C13H20N2O2S2. The third kappa shape index (κ3) is 3.91. The van der Waals surface area contributed by atoms with Gasteiger partial charge in [-0.1, -0.05) is 12.2 Å². The zero-order valence-corrected chi connectivity index (χ0v) is 13.3. The molecule has 0 saturated heterocycles. The van der Waals surface area contributed by atoms with E-state index in [0.717, 1.165) is 16.8 Å². The normalized spacial score (nSPS) is 12.2. The second-order valence-corrected chi connectivity index (χ2v) is 8.37. The van der Waals surface area contributed by atoms with Crippen molar-refractivity contribution in [2.75, 3.05) is 18.1 Å². The number of thiocarbonyl (C=S) groups is 1. The van der Waals surface area contributed by atoms with Gasteiger partial charge in [-0.2, -0.15) is 0 Å². The Kier molecular flexibility index (Phi) is 4.58. The SMILES string of the molecule is Cc1cc(NCC(C)(C)S(C)(=O)=O)ccc1C(N)=S. The lowest BCUT2D eigenvalue weighted by molar-refractivity contribution is 0.560. The summed E-state index contributed by atoms with van der Waals surface area (Å²) < 4.78 is 22.4. The minimum atomic E-state index is -3.11. The molecule has 4 nitrogen and oxygen atoms in total. The van der Waals surface area contributed by atoms with Crippen molar-refractivity contribution in [2.24, 2.45) is 5.73 Å². The number of nitrogens with one attached hydrogen (secondary N) is 1. The van der Waals surface area contributed by atoms with E-state index in [1.807, 2.05) is 25.1 Å². The molecule has 0 aliphatic carbocycles. The molecule has 0 spiro atoms. The average Bonchev–Trinajstić information content (AvgIpc) is 2.24. The van der Waals surface area contributed by atoms with Gasteiger partial charge in [-0.25, -0.2) is 8.42 Å². The number of nitrogens with two attached hydrogens (primary N) is 1. The highest BCUT2D eigenvalue weighted by atomic mass is 32.2. The van der Waals surface area contributed by atoms with Crippen molar-refractivity contribution in [1.82, 2.24) is 0 Å². The van der Waals surface area contributed by atoms with Crippen molar-refractivity contribution in [2.45, 2.75) is 25.5 Å². The lowest BCUT2D eigenvalue weighted by Gasteiger charge is -2.23. The molecule has 0 amide bonds. The van der Waals surface area contributed by atoms with E-state index in [4.69, 9.17) is 18.0 Å². The number of aryl methyl sites for hydroxylation is 1. The Morgan fingerprint density at radius 1 is 1.42 bits per heavy atom. The molecule has 0 bridgehead atoms. The highest BCUT2D eigenvalue weighted by Gasteiger charge is 2.29. The standard InChI is InChI=1S/C13H20N2O2S2/c1-9-7-10(5-6-11(9)12(14)18)15-8-13(2,3)19(4,16)17/h5-7,15H,8H2,1-4H3,(H2,14,18). The maximum absolute atomic E-state index is 11.6. The molecule has 0 aliphatic rings. The Morgan fingerprint density at radius 3 is 2.42 bits per heavy atom. The molecule has 1 aromatic rings. The lowest BCUT2D eigenvalue weighted by atomic mass is 10.1. The van der Waals surface area contributed by atoms with Gasteiger partial charge in [0.1, 0.15) is 4.99 Å². The van der Waals surface area contributed by atoms with Gasteiger partial charge in [0.05, 0.1) is 4.75 Å². The second-order valence-electron chi connectivity index (χ2n) is 5.28.